The maximum atomic E-state index is 10.2. The van der Waals surface area contributed by atoms with Crippen molar-refractivity contribution in [2.24, 2.45) is 0 Å². The molecule has 0 spiro atoms. The van der Waals surface area contributed by atoms with Crippen molar-refractivity contribution in [3.8, 4) is 0 Å². The Morgan fingerprint density at radius 3 is 2.81 bits per heavy atom. The molecular weight excluding hydrogens is 286 g/mol. The lowest BCUT2D eigenvalue weighted by Gasteiger charge is -2.10. The summed E-state index contributed by atoms with van der Waals surface area (Å²) in [5.74, 6) is 1.38. The zero-order valence-electron chi connectivity index (χ0n) is 11.3. The summed E-state index contributed by atoms with van der Waals surface area (Å²) in [7, 11) is 0. The summed E-state index contributed by atoms with van der Waals surface area (Å²) < 4.78 is 7.23. The van der Waals surface area contributed by atoms with Crippen molar-refractivity contribution in [3.05, 3.63) is 66.4 Å². The first-order valence-electron chi connectivity index (χ1n) is 6.59. The average Bonchev–Trinajstić information content (AvgIpc) is 3.18. The average molecular weight is 301 g/mol. The highest BCUT2D eigenvalue weighted by Crippen LogP contribution is 2.23. The molecule has 0 aliphatic rings. The van der Waals surface area contributed by atoms with Crippen LogP contribution in [-0.2, 0) is 6.54 Å². The standard InChI is InChI=1S/C15H15N3O2S/c19-14(12-5-2-1-3-6-12)10-21-15-17-16-11-18(15)9-13-7-4-8-20-13/h1-8,11,14,19H,9-10H2/t14-/m0/s1. The summed E-state index contributed by atoms with van der Waals surface area (Å²) in [6, 6.07) is 13.4. The van der Waals surface area contributed by atoms with E-state index in [0.717, 1.165) is 16.5 Å². The maximum Gasteiger partial charge on any atom is 0.191 e. The lowest BCUT2D eigenvalue weighted by atomic mass is 10.1. The van der Waals surface area contributed by atoms with Gasteiger partial charge in [0.15, 0.2) is 5.16 Å². The Bertz CT molecular complexity index is 667. The van der Waals surface area contributed by atoms with Crippen molar-refractivity contribution in [3.63, 3.8) is 0 Å². The van der Waals surface area contributed by atoms with E-state index in [1.165, 1.54) is 11.8 Å². The van der Waals surface area contributed by atoms with Crippen LogP contribution in [-0.4, -0.2) is 25.6 Å². The van der Waals surface area contributed by atoms with E-state index in [0.29, 0.717) is 12.3 Å². The molecule has 2 heterocycles. The number of benzene rings is 1. The molecule has 0 aliphatic carbocycles. The minimum Gasteiger partial charge on any atom is -0.467 e. The minimum absolute atomic E-state index is 0.523. The van der Waals surface area contributed by atoms with Crippen LogP contribution >= 0.6 is 11.8 Å². The lowest BCUT2D eigenvalue weighted by molar-refractivity contribution is 0.204. The predicted molar refractivity (Wildman–Crippen MR) is 80.0 cm³/mol. The van der Waals surface area contributed by atoms with Gasteiger partial charge >= 0.3 is 0 Å². The number of thioether (sulfide) groups is 1. The zero-order chi connectivity index (χ0) is 14.5. The lowest BCUT2D eigenvalue weighted by Crippen LogP contribution is -2.03. The van der Waals surface area contributed by atoms with Crippen molar-refractivity contribution in [1.29, 1.82) is 0 Å². The third-order valence-electron chi connectivity index (χ3n) is 3.04. The molecule has 0 bridgehead atoms. The van der Waals surface area contributed by atoms with E-state index in [2.05, 4.69) is 10.2 Å². The highest BCUT2D eigenvalue weighted by Gasteiger charge is 2.12. The normalized spacial score (nSPS) is 12.4. The van der Waals surface area contributed by atoms with Crippen molar-refractivity contribution in [2.45, 2.75) is 17.8 Å². The van der Waals surface area contributed by atoms with Gasteiger partial charge < -0.3 is 14.1 Å². The Morgan fingerprint density at radius 1 is 1.19 bits per heavy atom. The molecule has 1 aromatic carbocycles. The molecule has 1 atom stereocenters. The van der Waals surface area contributed by atoms with Crippen LogP contribution in [0.2, 0.25) is 0 Å². The number of aliphatic hydroxyl groups excluding tert-OH is 1. The van der Waals surface area contributed by atoms with Gasteiger partial charge in [-0.05, 0) is 17.7 Å². The largest absolute Gasteiger partial charge is 0.467 e. The SMILES string of the molecule is O[C@@H](CSc1nncn1Cc1ccco1)c1ccccc1. The molecule has 5 nitrogen and oxygen atoms in total. The number of hydrogen-bond acceptors (Lipinski definition) is 5. The zero-order valence-corrected chi connectivity index (χ0v) is 12.1. The second-order valence-electron chi connectivity index (χ2n) is 4.56. The van der Waals surface area contributed by atoms with Crippen LogP contribution in [0.4, 0.5) is 0 Å². The van der Waals surface area contributed by atoms with E-state index < -0.39 is 6.10 Å². The summed E-state index contributed by atoms with van der Waals surface area (Å²) in [6.07, 6.45) is 2.79. The quantitative estimate of drug-likeness (QED) is 0.709. The minimum atomic E-state index is -0.523. The monoisotopic (exact) mass is 301 g/mol. The first kappa shape index (κ1) is 13.9. The van der Waals surface area contributed by atoms with E-state index in [1.54, 1.807) is 12.6 Å². The van der Waals surface area contributed by atoms with Crippen LogP contribution in [0.5, 0.6) is 0 Å². The fraction of sp³-hybridized carbons (Fsp3) is 0.200. The molecule has 0 unspecified atom stereocenters. The van der Waals surface area contributed by atoms with Crippen LogP contribution in [0.25, 0.3) is 0 Å². The molecular formula is C15H15N3O2S. The highest BCUT2D eigenvalue weighted by molar-refractivity contribution is 7.99. The van der Waals surface area contributed by atoms with Crippen LogP contribution in [0, 0.1) is 0 Å². The summed E-state index contributed by atoms with van der Waals surface area (Å²) in [5.41, 5.74) is 0.905. The van der Waals surface area contributed by atoms with Gasteiger partial charge in [-0.1, -0.05) is 42.1 Å². The third kappa shape index (κ3) is 3.53. The van der Waals surface area contributed by atoms with E-state index in [9.17, 15) is 5.11 Å². The van der Waals surface area contributed by atoms with Gasteiger partial charge in [0.1, 0.15) is 12.1 Å². The Labute approximate surface area is 126 Å². The number of rotatable bonds is 6. The molecule has 21 heavy (non-hydrogen) atoms. The first-order chi connectivity index (χ1) is 10.3. The highest BCUT2D eigenvalue weighted by atomic mass is 32.2. The second-order valence-corrected chi connectivity index (χ2v) is 5.55. The van der Waals surface area contributed by atoms with Crippen molar-refractivity contribution in [2.75, 3.05) is 5.75 Å². The molecule has 0 amide bonds. The Balaban J connectivity index is 1.62. The molecule has 0 fully saturated rings. The summed E-state index contributed by atoms with van der Waals surface area (Å²) in [4.78, 5) is 0. The molecule has 3 aromatic rings. The van der Waals surface area contributed by atoms with Gasteiger partial charge in [0, 0.05) is 5.75 Å². The molecule has 6 heteroatoms. The molecule has 2 aromatic heterocycles. The van der Waals surface area contributed by atoms with Gasteiger partial charge in [-0.25, -0.2) is 0 Å². The van der Waals surface area contributed by atoms with Crippen molar-refractivity contribution < 1.29 is 9.52 Å². The smallest absolute Gasteiger partial charge is 0.191 e. The molecule has 0 aliphatic heterocycles. The third-order valence-corrected chi connectivity index (χ3v) is 4.10. The summed E-state index contributed by atoms with van der Waals surface area (Å²) >= 11 is 1.48. The second kappa shape index (κ2) is 6.60. The summed E-state index contributed by atoms with van der Waals surface area (Å²) in [5, 5.41) is 18.9. The number of aliphatic hydroxyl groups is 1. The molecule has 0 saturated heterocycles. The molecule has 0 radical (unpaired) electrons. The Hall–Kier alpha value is -2.05. The van der Waals surface area contributed by atoms with Gasteiger partial charge in [-0.2, -0.15) is 0 Å². The number of furan rings is 1. The fourth-order valence-electron chi connectivity index (χ4n) is 1.96. The van der Waals surface area contributed by atoms with Gasteiger partial charge in [-0.15, -0.1) is 10.2 Å². The Morgan fingerprint density at radius 2 is 2.05 bits per heavy atom. The van der Waals surface area contributed by atoms with Crippen LogP contribution in [0.15, 0.2) is 64.6 Å². The predicted octanol–water partition coefficient (Wildman–Crippen LogP) is 2.75. The molecule has 3 rings (SSSR count). The van der Waals surface area contributed by atoms with Gasteiger partial charge in [-0.3, -0.25) is 0 Å². The maximum absolute atomic E-state index is 10.2. The van der Waals surface area contributed by atoms with E-state index in [4.69, 9.17) is 4.42 Å². The number of aromatic nitrogens is 3. The van der Waals surface area contributed by atoms with E-state index in [-0.39, 0.29) is 0 Å². The van der Waals surface area contributed by atoms with Gasteiger partial charge in [0.25, 0.3) is 0 Å². The fourth-order valence-corrected chi connectivity index (χ4v) is 2.84. The van der Waals surface area contributed by atoms with E-state index in [1.807, 2.05) is 47.0 Å². The van der Waals surface area contributed by atoms with Crippen LogP contribution in [0.1, 0.15) is 17.4 Å². The molecule has 0 saturated carbocycles. The molecule has 108 valence electrons. The van der Waals surface area contributed by atoms with Crippen molar-refractivity contribution in [1.82, 2.24) is 14.8 Å². The van der Waals surface area contributed by atoms with Crippen molar-refractivity contribution >= 4 is 11.8 Å². The number of hydrogen-bond donors (Lipinski definition) is 1. The van der Waals surface area contributed by atoms with E-state index >= 15 is 0 Å². The van der Waals surface area contributed by atoms with Gasteiger partial charge in [0.2, 0.25) is 0 Å². The first-order valence-corrected chi connectivity index (χ1v) is 7.57. The Kier molecular flexibility index (Phi) is 4.37. The topological polar surface area (TPSA) is 64.1 Å². The van der Waals surface area contributed by atoms with Crippen LogP contribution in [0.3, 0.4) is 0 Å². The number of nitrogens with zero attached hydrogens (tertiary/aromatic N) is 3. The van der Waals surface area contributed by atoms with Crippen LogP contribution < -0.4 is 0 Å². The summed E-state index contributed by atoms with van der Waals surface area (Å²) in [6.45, 7) is 0.587. The molecule has 1 N–H and O–H groups in total. The van der Waals surface area contributed by atoms with Gasteiger partial charge in [0.05, 0.1) is 18.9 Å².